The SMILES string of the molecule is CC(=O)c1ccc(OC(=O)[C@@H]2CC(=O)N(C3CCCC3)C2)cc1. The lowest BCUT2D eigenvalue weighted by Gasteiger charge is -2.23. The topological polar surface area (TPSA) is 63.7 Å². The third-order valence-corrected chi connectivity index (χ3v) is 4.74. The summed E-state index contributed by atoms with van der Waals surface area (Å²) in [6.45, 7) is 1.95. The molecular formula is C18H21NO4. The van der Waals surface area contributed by atoms with Crippen molar-refractivity contribution in [1.29, 1.82) is 0 Å². The van der Waals surface area contributed by atoms with E-state index in [-0.39, 0.29) is 24.1 Å². The number of nitrogens with zero attached hydrogens (tertiary/aromatic N) is 1. The number of likely N-dealkylation sites (tertiary alicyclic amines) is 1. The van der Waals surface area contributed by atoms with Crippen LogP contribution in [0.1, 0.15) is 49.4 Å². The Morgan fingerprint density at radius 1 is 1.13 bits per heavy atom. The second-order valence-corrected chi connectivity index (χ2v) is 6.39. The van der Waals surface area contributed by atoms with E-state index in [0.29, 0.717) is 23.9 Å². The lowest BCUT2D eigenvalue weighted by molar-refractivity contribution is -0.139. The molecule has 0 spiro atoms. The van der Waals surface area contributed by atoms with Crippen molar-refractivity contribution < 1.29 is 19.1 Å². The largest absolute Gasteiger partial charge is 0.426 e. The summed E-state index contributed by atoms with van der Waals surface area (Å²) < 4.78 is 5.36. The average molecular weight is 315 g/mol. The first-order valence-corrected chi connectivity index (χ1v) is 8.17. The average Bonchev–Trinajstić information content (AvgIpc) is 3.16. The number of carbonyl (C=O) groups excluding carboxylic acids is 3. The van der Waals surface area contributed by atoms with E-state index in [1.165, 1.54) is 6.92 Å². The van der Waals surface area contributed by atoms with Gasteiger partial charge in [0.1, 0.15) is 5.75 Å². The van der Waals surface area contributed by atoms with Crippen LogP contribution >= 0.6 is 0 Å². The van der Waals surface area contributed by atoms with Gasteiger partial charge in [-0.15, -0.1) is 0 Å². The number of benzene rings is 1. The minimum atomic E-state index is -0.393. The summed E-state index contributed by atoms with van der Waals surface area (Å²) in [6.07, 6.45) is 4.64. The van der Waals surface area contributed by atoms with Crippen LogP contribution < -0.4 is 4.74 Å². The highest BCUT2D eigenvalue weighted by atomic mass is 16.5. The zero-order valence-corrected chi connectivity index (χ0v) is 13.3. The summed E-state index contributed by atoms with van der Waals surface area (Å²) in [5, 5.41) is 0. The molecule has 0 N–H and O–H groups in total. The van der Waals surface area contributed by atoms with Crippen molar-refractivity contribution in [3.63, 3.8) is 0 Å². The minimum Gasteiger partial charge on any atom is -0.426 e. The summed E-state index contributed by atoms with van der Waals surface area (Å²) in [5.74, 6) is -0.320. The molecular weight excluding hydrogens is 294 g/mol. The zero-order valence-electron chi connectivity index (χ0n) is 13.3. The van der Waals surface area contributed by atoms with Gasteiger partial charge >= 0.3 is 5.97 Å². The van der Waals surface area contributed by atoms with Crippen molar-refractivity contribution in [2.24, 2.45) is 5.92 Å². The number of hydrogen-bond donors (Lipinski definition) is 0. The molecule has 2 fully saturated rings. The fourth-order valence-electron chi connectivity index (χ4n) is 3.42. The van der Waals surface area contributed by atoms with Gasteiger partial charge in [0.05, 0.1) is 5.92 Å². The van der Waals surface area contributed by atoms with Gasteiger partial charge in [-0.05, 0) is 44.0 Å². The molecule has 1 aliphatic heterocycles. The Kier molecular flexibility index (Phi) is 4.46. The minimum absolute atomic E-state index is 0.0310. The Bertz CT molecular complexity index is 616. The summed E-state index contributed by atoms with van der Waals surface area (Å²) >= 11 is 0. The molecule has 122 valence electrons. The van der Waals surface area contributed by atoms with Gasteiger partial charge in [0.15, 0.2) is 5.78 Å². The van der Waals surface area contributed by atoms with Crippen LogP contribution in [0, 0.1) is 5.92 Å². The third kappa shape index (κ3) is 3.44. The van der Waals surface area contributed by atoms with Crippen LogP contribution in [0.2, 0.25) is 0 Å². The predicted octanol–water partition coefficient (Wildman–Crippen LogP) is 2.59. The number of amides is 1. The highest BCUT2D eigenvalue weighted by Crippen LogP contribution is 2.30. The fourth-order valence-corrected chi connectivity index (χ4v) is 3.42. The smallest absolute Gasteiger partial charge is 0.316 e. The van der Waals surface area contributed by atoms with E-state index in [4.69, 9.17) is 4.74 Å². The number of ketones is 1. The van der Waals surface area contributed by atoms with Crippen molar-refractivity contribution in [2.75, 3.05) is 6.54 Å². The number of hydrogen-bond acceptors (Lipinski definition) is 4. The molecule has 2 aliphatic rings. The molecule has 5 nitrogen and oxygen atoms in total. The van der Waals surface area contributed by atoms with Gasteiger partial charge in [-0.25, -0.2) is 0 Å². The Hall–Kier alpha value is -2.17. The highest BCUT2D eigenvalue weighted by molar-refractivity contribution is 5.94. The van der Waals surface area contributed by atoms with E-state index >= 15 is 0 Å². The maximum Gasteiger partial charge on any atom is 0.316 e. The van der Waals surface area contributed by atoms with E-state index in [9.17, 15) is 14.4 Å². The van der Waals surface area contributed by atoms with Crippen LogP contribution in [-0.4, -0.2) is 35.1 Å². The van der Waals surface area contributed by atoms with Crippen molar-refractivity contribution in [2.45, 2.75) is 45.1 Å². The van der Waals surface area contributed by atoms with Gasteiger partial charge in [-0.2, -0.15) is 0 Å². The maximum absolute atomic E-state index is 12.3. The lowest BCUT2D eigenvalue weighted by atomic mass is 10.1. The molecule has 5 heteroatoms. The summed E-state index contributed by atoms with van der Waals surface area (Å²) in [6, 6.07) is 6.79. The Morgan fingerprint density at radius 2 is 1.78 bits per heavy atom. The lowest BCUT2D eigenvalue weighted by Crippen LogP contribution is -2.35. The van der Waals surface area contributed by atoms with Gasteiger partial charge in [-0.3, -0.25) is 14.4 Å². The van der Waals surface area contributed by atoms with E-state index in [1.54, 1.807) is 24.3 Å². The monoisotopic (exact) mass is 315 g/mol. The Balaban J connectivity index is 1.60. The standard InChI is InChI=1S/C18H21NO4/c1-12(20)13-6-8-16(9-7-13)23-18(22)14-10-17(21)19(11-14)15-4-2-3-5-15/h6-9,14-15H,2-5,10-11H2,1H3/t14-/m1/s1. The van der Waals surface area contributed by atoms with Crippen molar-refractivity contribution >= 4 is 17.7 Å². The molecule has 0 unspecified atom stereocenters. The van der Waals surface area contributed by atoms with Gasteiger partial charge < -0.3 is 9.64 Å². The molecule has 0 aromatic heterocycles. The summed E-state index contributed by atoms with van der Waals surface area (Å²) in [7, 11) is 0. The number of ether oxygens (including phenoxy) is 1. The van der Waals surface area contributed by atoms with Crippen molar-refractivity contribution in [3.05, 3.63) is 29.8 Å². The normalized spacial score (nSPS) is 21.7. The molecule has 1 atom stereocenters. The quantitative estimate of drug-likeness (QED) is 0.487. The number of carbonyl (C=O) groups is 3. The number of esters is 1. The Morgan fingerprint density at radius 3 is 2.39 bits per heavy atom. The molecule has 23 heavy (non-hydrogen) atoms. The van der Waals surface area contributed by atoms with E-state index in [1.807, 2.05) is 4.90 Å². The second kappa shape index (κ2) is 6.52. The van der Waals surface area contributed by atoms with Crippen LogP contribution in [0.4, 0.5) is 0 Å². The first kappa shape index (κ1) is 15.7. The molecule has 1 aromatic carbocycles. The molecule has 1 heterocycles. The van der Waals surface area contributed by atoms with Gasteiger partial charge in [0.25, 0.3) is 0 Å². The van der Waals surface area contributed by atoms with E-state index in [2.05, 4.69) is 0 Å². The number of Topliss-reactive ketones (excluding diaryl/α,β-unsaturated/α-hetero) is 1. The second-order valence-electron chi connectivity index (χ2n) is 6.39. The Labute approximate surface area is 135 Å². The third-order valence-electron chi connectivity index (χ3n) is 4.74. The maximum atomic E-state index is 12.3. The summed E-state index contributed by atoms with van der Waals surface area (Å²) in [5.41, 5.74) is 0.577. The molecule has 1 saturated carbocycles. The molecule has 1 aromatic rings. The van der Waals surface area contributed by atoms with E-state index < -0.39 is 5.92 Å². The summed E-state index contributed by atoms with van der Waals surface area (Å²) in [4.78, 5) is 37.5. The predicted molar refractivity (Wildman–Crippen MR) is 84.2 cm³/mol. The number of rotatable bonds is 4. The van der Waals surface area contributed by atoms with E-state index in [0.717, 1.165) is 25.7 Å². The van der Waals surface area contributed by atoms with Crippen LogP contribution in [-0.2, 0) is 9.59 Å². The van der Waals surface area contributed by atoms with Crippen molar-refractivity contribution in [1.82, 2.24) is 4.90 Å². The molecule has 1 aliphatic carbocycles. The van der Waals surface area contributed by atoms with Crippen LogP contribution in [0.15, 0.2) is 24.3 Å². The van der Waals surface area contributed by atoms with Gasteiger partial charge in [0, 0.05) is 24.6 Å². The first-order valence-electron chi connectivity index (χ1n) is 8.17. The molecule has 3 rings (SSSR count). The molecule has 0 radical (unpaired) electrons. The van der Waals surface area contributed by atoms with Crippen LogP contribution in [0.25, 0.3) is 0 Å². The van der Waals surface area contributed by atoms with Gasteiger partial charge in [-0.1, -0.05) is 12.8 Å². The molecule has 1 amide bonds. The van der Waals surface area contributed by atoms with Crippen LogP contribution in [0.5, 0.6) is 5.75 Å². The highest BCUT2D eigenvalue weighted by Gasteiger charge is 2.39. The zero-order chi connectivity index (χ0) is 16.4. The first-order chi connectivity index (χ1) is 11.0. The fraction of sp³-hybridized carbons (Fsp3) is 0.500. The van der Waals surface area contributed by atoms with Crippen LogP contribution in [0.3, 0.4) is 0 Å². The molecule has 1 saturated heterocycles. The van der Waals surface area contributed by atoms with Crippen molar-refractivity contribution in [3.8, 4) is 5.75 Å². The molecule has 0 bridgehead atoms. The van der Waals surface area contributed by atoms with Gasteiger partial charge in [0.2, 0.25) is 5.91 Å².